The van der Waals surface area contributed by atoms with Crippen LogP contribution in [-0.4, -0.2) is 31.7 Å². The molecule has 1 amide bonds. The molecule has 1 aliphatic heterocycles. The molecular formula is C22H24ClN3O3S2. The van der Waals surface area contributed by atoms with E-state index in [0.717, 1.165) is 31.2 Å². The summed E-state index contributed by atoms with van der Waals surface area (Å²) in [5.41, 5.74) is 1.71. The van der Waals surface area contributed by atoms with Crippen LogP contribution in [-0.2, 0) is 27.7 Å². The number of fused-ring (bicyclic) bond motifs is 1. The highest BCUT2D eigenvalue weighted by Gasteiger charge is 2.33. The van der Waals surface area contributed by atoms with Crippen molar-refractivity contribution < 1.29 is 13.2 Å². The SMILES string of the molecule is N#Cc1c(NC(=O)C2CCN(S(=O)(=O)c3ccc(Cl)cc3)CC2)sc2c1CCCCC2. The Balaban J connectivity index is 1.41. The van der Waals surface area contributed by atoms with Gasteiger partial charge in [0.2, 0.25) is 15.9 Å². The highest BCUT2D eigenvalue weighted by molar-refractivity contribution is 7.89. The Bertz CT molecular complexity index is 1110. The van der Waals surface area contributed by atoms with Gasteiger partial charge in [-0.15, -0.1) is 11.3 Å². The molecule has 1 aromatic heterocycles. The van der Waals surface area contributed by atoms with Gasteiger partial charge in [0, 0.05) is 28.9 Å². The number of benzene rings is 1. The number of carbonyl (C=O) groups excluding carboxylic acids is 1. The molecule has 31 heavy (non-hydrogen) atoms. The zero-order valence-electron chi connectivity index (χ0n) is 17.1. The molecule has 9 heteroatoms. The van der Waals surface area contributed by atoms with Crippen molar-refractivity contribution in [1.29, 1.82) is 5.26 Å². The molecule has 2 aromatic rings. The van der Waals surface area contributed by atoms with Crippen LogP contribution in [0.1, 0.15) is 48.1 Å². The maximum absolute atomic E-state index is 12.9. The lowest BCUT2D eigenvalue weighted by Gasteiger charge is -2.30. The first kappa shape index (κ1) is 22.3. The van der Waals surface area contributed by atoms with Crippen molar-refractivity contribution >= 4 is 43.9 Å². The summed E-state index contributed by atoms with van der Waals surface area (Å²) >= 11 is 7.38. The zero-order valence-corrected chi connectivity index (χ0v) is 19.5. The summed E-state index contributed by atoms with van der Waals surface area (Å²) in [6.07, 6.45) is 6.12. The summed E-state index contributed by atoms with van der Waals surface area (Å²) in [5, 5.41) is 13.8. The molecule has 1 fully saturated rings. The van der Waals surface area contributed by atoms with E-state index in [1.165, 1.54) is 39.1 Å². The van der Waals surface area contributed by atoms with Crippen LogP contribution in [0.5, 0.6) is 0 Å². The summed E-state index contributed by atoms with van der Waals surface area (Å²) in [6, 6.07) is 8.41. The minimum absolute atomic E-state index is 0.128. The topological polar surface area (TPSA) is 90.3 Å². The molecule has 1 aliphatic carbocycles. The smallest absolute Gasteiger partial charge is 0.243 e. The quantitative estimate of drug-likeness (QED) is 0.652. The highest BCUT2D eigenvalue weighted by Crippen LogP contribution is 2.37. The molecule has 1 aromatic carbocycles. The second-order valence-electron chi connectivity index (χ2n) is 8.00. The van der Waals surface area contributed by atoms with Crippen molar-refractivity contribution in [1.82, 2.24) is 4.31 Å². The molecule has 2 aliphatic rings. The van der Waals surface area contributed by atoms with Crippen LogP contribution in [0.3, 0.4) is 0 Å². The molecular weight excluding hydrogens is 454 g/mol. The molecule has 164 valence electrons. The second kappa shape index (κ2) is 9.29. The van der Waals surface area contributed by atoms with Gasteiger partial charge in [-0.25, -0.2) is 8.42 Å². The fourth-order valence-corrected chi connectivity index (χ4v) is 7.12. The Kier molecular flexibility index (Phi) is 6.68. The normalized spacial score (nSPS) is 18.1. The number of hydrogen-bond donors (Lipinski definition) is 1. The molecule has 0 saturated carbocycles. The Labute approximate surface area is 191 Å². The lowest BCUT2D eigenvalue weighted by atomic mass is 9.97. The molecule has 6 nitrogen and oxygen atoms in total. The van der Waals surface area contributed by atoms with Crippen LogP contribution in [0.4, 0.5) is 5.00 Å². The van der Waals surface area contributed by atoms with Gasteiger partial charge in [-0.2, -0.15) is 9.57 Å². The Hall–Kier alpha value is -1.92. The molecule has 0 spiro atoms. The van der Waals surface area contributed by atoms with Gasteiger partial charge in [-0.05, 0) is 68.4 Å². The number of aryl methyl sites for hydroxylation is 1. The number of nitrogens with one attached hydrogen (secondary N) is 1. The lowest BCUT2D eigenvalue weighted by Crippen LogP contribution is -2.41. The fourth-order valence-electron chi connectivity index (χ4n) is 4.28. The Morgan fingerprint density at radius 3 is 2.48 bits per heavy atom. The van der Waals surface area contributed by atoms with Gasteiger partial charge in [0.15, 0.2) is 0 Å². The van der Waals surface area contributed by atoms with E-state index >= 15 is 0 Å². The predicted molar refractivity (Wildman–Crippen MR) is 122 cm³/mol. The number of sulfonamides is 1. The van der Waals surface area contributed by atoms with Crippen LogP contribution in [0.25, 0.3) is 0 Å². The van der Waals surface area contributed by atoms with E-state index in [1.54, 1.807) is 12.1 Å². The van der Waals surface area contributed by atoms with Gasteiger partial charge < -0.3 is 5.32 Å². The molecule has 0 radical (unpaired) electrons. The third-order valence-corrected chi connectivity index (χ3v) is 9.42. The number of halogens is 1. The van der Waals surface area contributed by atoms with Crippen LogP contribution < -0.4 is 5.32 Å². The number of hydrogen-bond acceptors (Lipinski definition) is 5. The number of nitriles is 1. The van der Waals surface area contributed by atoms with E-state index in [-0.39, 0.29) is 29.8 Å². The average Bonchev–Trinajstić information content (AvgIpc) is 2.92. The first-order valence-electron chi connectivity index (χ1n) is 10.5. The first-order valence-corrected chi connectivity index (χ1v) is 13.1. The zero-order chi connectivity index (χ0) is 22.0. The first-order chi connectivity index (χ1) is 14.9. The van der Waals surface area contributed by atoms with E-state index in [1.807, 2.05) is 0 Å². The van der Waals surface area contributed by atoms with Gasteiger partial charge in [0.25, 0.3) is 0 Å². The number of rotatable bonds is 4. The summed E-state index contributed by atoms with van der Waals surface area (Å²) in [4.78, 5) is 14.3. The van der Waals surface area contributed by atoms with Gasteiger partial charge in [0.05, 0.1) is 10.5 Å². The third kappa shape index (κ3) is 4.65. The molecule has 0 bridgehead atoms. The van der Waals surface area contributed by atoms with Gasteiger partial charge in [-0.1, -0.05) is 18.0 Å². The molecule has 4 rings (SSSR count). The summed E-state index contributed by atoms with van der Waals surface area (Å²) in [6.45, 7) is 0.574. The standard InChI is InChI=1S/C22H24ClN3O3S2/c23-16-6-8-17(9-7-16)31(28,29)26-12-10-15(11-13-26)21(27)25-22-19(14-24)18-4-2-1-3-5-20(18)30-22/h6-9,15H,1-5,10-13H2,(H,25,27). The van der Waals surface area contributed by atoms with E-state index in [2.05, 4.69) is 11.4 Å². The molecule has 1 N–H and O–H groups in total. The van der Waals surface area contributed by atoms with Crippen LogP contribution in [0.2, 0.25) is 5.02 Å². The highest BCUT2D eigenvalue weighted by atomic mass is 35.5. The van der Waals surface area contributed by atoms with E-state index in [9.17, 15) is 18.5 Å². The van der Waals surface area contributed by atoms with E-state index < -0.39 is 10.0 Å². The van der Waals surface area contributed by atoms with Crippen LogP contribution in [0, 0.1) is 17.2 Å². The Morgan fingerprint density at radius 1 is 1.13 bits per heavy atom. The van der Waals surface area contributed by atoms with Crippen LogP contribution in [0.15, 0.2) is 29.2 Å². The fraction of sp³-hybridized carbons (Fsp3) is 0.455. The van der Waals surface area contributed by atoms with Crippen molar-refractivity contribution in [2.45, 2.75) is 49.8 Å². The van der Waals surface area contributed by atoms with Crippen molar-refractivity contribution in [3.8, 4) is 6.07 Å². The number of thiophene rings is 1. The molecule has 0 atom stereocenters. The number of anilines is 1. The van der Waals surface area contributed by atoms with Gasteiger partial charge in [0.1, 0.15) is 11.1 Å². The minimum Gasteiger partial charge on any atom is -0.316 e. The Morgan fingerprint density at radius 2 is 1.81 bits per heavy atom. The third-order valence-electron chi connectivity index (χ3n) is 6.05. The molecule has 1 saturated heterocycles. The van der Waals surface area contributed by atoms with Gasteiger partial charge >= 0.3 is 0 Å². The number of carbonyl (C=O) groups is 1. The van der Waals surface area contributed by atoms with E-state index in [0.29, 0.717) is 28.4 Å². The summed E-state index contributed by atoms with van der Waals surface area (Å²) in [5.74, 6) is -0.401. The minimum atomic E-state index is -3.60. The number of nitrogens with zero attached hydrogens (tertiary/aromatic N) is 2. The maximum Gasteiger partial charge on any atom is 0.243 e. The van der Waals surface area contributed by atoms with Crippen molar-refractivity contribution in [3.05, 3.63) is 45.3 Å². The van der Waals surface area contributed by atoms with Crippen molar-refractivity contribution in [3.63, 3.8) is 0 Å². The number of piperidine rings is 1. The van der Waals surface area contributed by atoms with Crippen molar-refractivity contribution in [2.24, 2.45) is 5.92 Å². The molecule has 2 heterocycles. The van der Waals surface area contributed by atoms with Crippen molar-refractivity contribution in [2.75, 3.05) is 18.4 Å². The average molecular weight is 478 g/mol. The summed E-state index contributed by atoms with van der Waals surface area (Å²) < 4.78 is 27.1. The second-order valence-corrected chi connectivity index (χ2v) is 11.5. The van der Waals surface area contributed by atoms with Crippen LogP contribution >= 0.6 is 22.9 Å². The summed E-state index contributed by atoms with van der Waals surface area (Å²) in [7, 11) is -3.60. The maximum atomic E-state index is 12.9. The number of amides is 1. The lowest BCUT2D eigenvalue weighted by molar-refractivity contribution is -0.120. The monoisotopic (exact) mass is 477 g/mol. The largest absolute Gasteiger partial charge is 0.316 e. The molecule has 0 unspecified atom stereocenters. The van der Waals surface area contributed by atoms with E-state index in [4.69, 9.17) is 11.6 Å². The van der Waals surface area contributed by atoms with Gasteiger partial charge in [-0.3, -0.25) is 4.79 Å². The predicted octanol–water partition coefficient (Wildman–Crippen LogP) is 4.58.